The molecule has 112 valence electrons. The molecule has 0 atom stereocenters. The van der Waals surface area contributed by atoms with Gasteiger partial charge in [-0.2, -0.15) is 0 Å². The SMILES string of the molecule is NC(=O)CCNC(=O)C(=O)Nc1ccc([N+](=O)[O-])cc1Cl. The number of benzene rings is 1. The first kappa shape index (κ1) is 16.4. The second-order valence-corrected chi connectivity index (χ2v) is 4.25. The van der Waals surface area contributed by atoms with Crippen LogP contribution in [0.4, 0.5) is 11.4 Å². The molecule has 1 aromatic carbocycles. The van der Waals surface area contributed by atoms with E-state index >= 15 is 0 Å². The van der Waals surface area contributed by atoms with Crippen LogP contribution >= 0.6 is 11.6 Å². The largest absolute Gasteiger partial charge is 0.370 e. The minimum atomic E-state index is -1.02. The van der Waals surface area contributed by atoms with Gasteiger partial charge in [0.1, 0.15) is 0 Å². The summed E-state index contributed by atoms with van der Waals surface area (Å²) >= 11 is 5.76. The van der Waals surface area contributed by atoms with E-state index in [1.54, 1.807) is 0 Å². The monoisotopic (exact) mass is 314 g/mol. The molecule has 0 bridgehead atoms. The average Bonchev–Trinajstić information content (AvgIpc) is 2.40. The highest BCUT2D eigenvalue weighted by Gasteiger charge is 2.16. The molecule has 0 saturated carbocycles. The number of primary amides is 1. The third-order valence-corrected chi connectivity index (χ3v) is 2.59. The van der Waals surface area contributed by atoms with Crippen LogP contribution in [0.3, 0.4) is 0 Å². The molecule has 21 heavy (non-hydrogen) atoms. The van der Waals surface area contributed by atoms with Gasteiger partial charge in [0.2, 0.25) is 5.91 Å². The Morgan fingerprint density at radius 3 is 2.48 bits per heavy atom. The summed E-state index contributed by atoms with van der Waals surface area (Å²) < 4.78 is 0. The van der Waals surface area contributed by atoms with Gasteiger partial charge in [-0.3, -0.25) is 24.5 Å². The molecule has 0 aliphatic carbocycles. The maximum atomic E-state index is 11.5. The highest BCUT2D eigenvalue weighted by Crippen LogP contribution is 2.26. The Balaban J connectivity index is 2.64. The third kappa shape index (κ3) is 5.07. The van der Waals surface area contributed by atoms with Crippen molar-refractivity contribution < 1.29 is 19.3 Å². The molecule has 0 aliphatic rings. The topological polar surface area (TPSA) is 144 Å². The van der Waals surface area contributed by atoms with Crippen molar-refractivity contribution in [1.82, 2.24) is 5.32 Å². The van der Waals surface area contributed by atoms with E-state index in [2.05, 4.69) is 10.6 Å². The van der Waals surface area contributed by atoms with Crippen LogP contribution in [0.1, 0.15) is 6.42 Å². The fraction of sp³-hybridized carbons (Fsp3) is 0.182. The van der Waals surface area contributed by atoms with Crippen LogP contribution in [0.5, 0.6) is 0 Å². The molecule has 0 radical (unpaired) electrons. The van der Waals surface area contributed by atoms with Crippen molar-refractivity contribution >= 4 is 40.7 Å². The highest BCUT2D eigenvalue weighted by molar-refractivity contribution is 6.41. The first-order valence-electron chi connectivity index (χ1n) is 5.62. The molecule has 0 aliphatic heterocycles. The van der Waals surface area contributed by atoms with Gasteiger partial charge in [-0.25, -0.2) is 0 Å². The lowest BCUT2D eigenvalue weighted by atomic mass is 10.3. The van der Waals surface area contributed by atoms with E-state index in [0.717, 1.165) is 12.1 Å². The Bertz CT molecular complexity index is 604. The summed E-state index contributed by atoms with van der Waals surface area (Å²) in [6.07, 6.45) is -0.0999. The Labute approximate surface area is 123 Å². The Morgan fingerprint density at radius 2 is 1.95 bits per heavy atom. The lowest BCUT2D eigenvalue weighted by Gasteiger charge is -2.07. The van der Waals surface area contributed by atoms with Crippen LogP contribution in [-0.4, -0.2) is 29.2 Å². The van der Waals surface area contributed by atoms with Crippen LogP contribution in [0.15, 0.2) is 18.2 Å². The predicted molar refractivity (Wildman–Crippen MR) is 73.6 cm³/mol. The van der Waals surface area contributed by atoms with E-state index in [1.807, 2.05) is 0 Å². The van der Waals surface area contributed by atoms with Crippen molar-refractivity contribution in [2.24, 2.45) is 5.73 Å². The fourth-order valence-corrected chi connectivity index (χ4v) is 1.50. The first-order chi connectivity index (χ1) is 9.81. The number of rotatable bonds is 5. The van der Waals surface area contributed by atoms with E-state index < -0.39 is 22.6 Å². The summed E-state index contributed by atoms with van der Waals surface area (Å²) in [5, 5.41) is 14.8. The molecular weight excluding hydrogens is 304 g/mol. The number of hydrogen-bond donors (Lipinski definition) is 3. The first-order valence-corrected chi connectivity index (χ1v) is 6.00. The summed E-state index contributed by atoms with van der Waals surface area (Å²) in [6, 6.07) is 3.38. The zero-order chi connectivity index (χ0) is 16.0. The summed E-state index contributed by atoms with van der Waals surface area (Å²) in [4.78, 5) is 43.3. The molecule has 0 unspecified atom stereocenters. The van der Waals surface area contributed by atoms with Crippen LogP contribution < -0.4 is 16.4 Å². The Kier molecular flexibility index (Phi) is 5.61. The molecule has 0 aromatic heterocycles. The van der Waals surface area contributed by atoms with Gasteiger partial charge in [-0.1, -0.05) is 11.6 Å². The number of non-ortho nitro benzene ring substituents is 1. The molecular formula is C11H11ClN4O5. The number of nitrogens with two attached hydrogens (primary N) is 1. The zero-order valence-corrected chi connectivity index (χ0v) is 11.3. The van der Waals surface area contributed by atoms with Crippen LogP contribution in [-0.2, 0) is 14.4 Å². The summed E-state index contributed by atoms with van der Waals surface area (Å²) in [5.41, 5.74) is 4.68. The molecule has 0 heterocycles. The van der Waals surface area contributed by atoms with Gasteiger partial charge in [-0.05, 0) is 6.07 Å². The quantitative estimate of drug-likeness (QED) is 0.403. The second kappa shape index (κ2) is 7.20. The van der Waals surface area contributed by atoms with Crippen molar-refractivity contribution in [2.45, 2.75) is 6.42 Å². The van der Waals surface area contributed by atoms with Gasteiger partial charge in [0, 0.05) is 25.1 Å². The number of halogens is 1. The molecule has 3 amide bonds. The average molecular weight is 315 g/mol. The lowest BCUT2D eigenvalue weighted by molar-refractivity contribution is -0.384. The number of carbonyl (C=O) groups is 3. The number of amides is 3. The molecule has 0 spiro atoms. The smallest absolute Gasteiger partial charge is 0.313 e. The normalized spacial score (nSPS) is 9.76. The minimum Gasteiger partial charge on any atom is -0.370 e. The lowest BCUT2D eigenvalue weighted by Crippen LogP contribution is -2.37. The number of nitro benzene ring substituents is 1. The van der Waals surface area contributed by atoms with Crippen LogP contribution in [0.25, 0.3) is 0 Å². The third-order valence-electron chi connectivity index (χ3n) is 2.27. The summed E-state index contributed by atoms with van der Waals surface area (Å²) in [5.74, 6) is -2.62. The van der Waals surface area contributed by atoms with Crippen molar-refractivity contribution in [3.63, 3.8) is 0 Å². The van der Waals surface area contributed by atoms with E-state index in [4.69, 9.17) is 17.3 Å². The van der Waals surface area contributed by atoms with E-state index in [1.165, 1.54) is 6.07 Å². The van der Waals surface area contributed by atoms with Crippen LogP contribution in [0.2, 0.25) is 5.02 Å². The molecule has 1 rings (SSSR count). The Morgan fingerprint density at radius 1 is 1.29 bits per heavy atom. The zero-order valence-electron chi connectivity index (χ0n) is 10.6. The number of nitrogens with zero attached hydrogens (tertiary/aromatic N) is 1. The van der Waals surface area contributed by atoms with Gasteiger partial charge >= 0.3 is 11.8 Å². The van der Waals surface area contributed by atoms with Gasteiger partial charge in [0.05, 0.1) is 15.6 Å². The van der Waals surface area contributed by atoms with E-state index in [0.29, 0.717) is 0 Å². The number of nitrogens with one attached hydrogen (secondary N) is 2. The molecule has 4 N–H and O–H groups in total. The number of carbonyl (C=O) groups excluding carboxylic acids is 3. The van der Waals surface area contributed by atoms with Crippen LogP contribution in [0, 0.1) is 10.1 Å². The molecule has 9 nitrogen and oxygen atoms in total. The van der Waals surface area contributed by atoms with Crippen molar-refractivity contribution in [2.75, 3.05) is 11.9 Å². The van der Waals surface area contributed by atoms with E-state index in [9.17, 15) is 24.5 Å². The number of anilines is 1. The van der Waals surface area contributed by atoms with Crippen molar-refractivity contribution in [3.05, 3.63) is 33.3 Å². The van der Waals surface area contributed by atoms with Gasteiger partial charge in [0.25, 0.3) is 5.69 Å². The Hall–Kier alpha value is -2.68. The predicted octanol–water partition coefficient (Wildman–Crippen LogP) is 0.178. The minimum absolute atomic E-state index is 0.0531. The molecule has 10 heteroatoms. The maximum Gasteiger partial charge on any atom is 0.313 e. The fourth-order valence-electron chi connectivity index (χ4n) is 1.28. The molecule has 0 fully saturated rings. The molecule has 1 aromatic rings. The second-order valence-electron chi connectivity index (χ2n) is 3.85. The van der Waals surface area contributed by atoms with Crippen molar-refractivity contribution in [3.8, 4) is 0 Å². The van der Waals surface area contributed by atoms with Crippen molar-refractivity contribution in [1.29, 1.82) is 0 Å². The number of nitro groups is 1. The highest BCUT2D eigenvalue weighted by atomic mass is 35.5. The van der Waals surface area contributed by atoms with Gasteiger partial charge in [0.15, 0.2) is 0 Å². The van der Waals surface area contributed by atoms with Gasteiger partial charge < -0.3 is 16.4 Å². The number of hydrogen-bond acceptors (Lipinski definition) is 5. The molecule has 0 saturated heterocycles. The van der Waals surface area contributed by atoms with E-state index in [-0.39, 0.29) is 29.4 Å². The van der Waals surface area contributed by atoms with Gasteiger partial charge in [-0.15, -0.1) is 0 Å². The maximum absolute atomic E-state index is 11.5. The standard InChI is InChI=1S/C11H11ClN4O5/c12-7-5-6(16(20)21)1-2-8(7)15-11(19)10(18)14-4-3-9(13)17/h1-2,5H,3-4H2,(H2,13,17)(H,14,18)(H,15,19). The summed E-state index contributed by atoms with van der Waals surface area (Å²) in [6.45, 7) is -0.0738. The summed E-state index contributed by atoms with van der Waals surface area (Å²) in [7, 11) is 0.